The summed E-state index contributed by atoms with van der Waals surface area (Å²) in [6.07, 6.45) is 7.33. The molecule has 11 heteroatoms. The van der Waals surface area contributed by atoms with Gasteiger partial charge in [-0.25, -0.2) is 14.8 Å². The molecule has 0 aromatic carbocycles. The van der Waals surface area contributed by atoms with E-state index in [2.05, 4.69) is 14.7 Å². The Bertz CT molecular complexity index is 975. The highest BCUT2D eigenvalue weighted by molar-refractivity contribution is 7.87. The molecule has 0 radical (unpaired) electrons. The van der Waals surface area contributed by atoms with E-state index in [1.165, 1.54) is 14.1 Å². The number of ether oxygens (including phenoxy) is 2. The Morgan fingerprint density at radius 1 is 1.29 bits per heavy atom. The quantitative estimate of drug-likeness (QED) is 0.587. The van der Waals surface area contributed by atoms with Crippen LogP contribution in [0.4, 0.5) is 4.79 Å². The number of nitrogens with one attached hydrogen (secondary N) is 1. The average molecular weight is 496 g/mol. The molecule has 3 unspecified atom stereocenters. The first-order valence-electron chi connectivity index (χ1n) is 12.1. The monoisotopic (exact) mass is 495 g/mol. The number of fused-ring (bicyclic) bond motifs is 1. The van der Waals surface area contributed by atoms with Crippen LogP contribution in [-0.4, -0.2) is 84.7 Å². The molecule has 190 valence electrons. The number of nitrogens with zero attached hydrogens (tertiary/aromatic N) is 4. The number of amides is 1. The summed E-state index contributed by atoms with van der Waals surface area (Å²) in [7, 11) is -0.692. The van der Waals surface area contributed by atoms with Gasteiger partial charge >= 0.3 is 6.09 Å². The first-order chi connectivity index (χ1) is 16.0. The van der Waals surface area contributed by atoms with Gasteiger partial charge in [-0.05, 0) is 64.9 Å². The molecule has 1 amide bonds. The van der Waals surface area contributed by atoms with E-state index in [9.17, 15) is 13.2 Å². The van der Waals surface area contributed by atoms with Gasteiger partial charge in [0, 0.05) is 44.0 Å². The predicted molar refractivity (Wildman–Crippen MR) is 126 cm³/mol. The smallest absolute Gasteiger partial charge is 0.410 e. The zero-order valence-electron chi connectivity index (χ0n) is 20.7. The molecule has 1 N–H and O–H groups in total. The Morgan fingerprint density at radius 3 is 2.62 bits per heavy atom. The molecule has 0 spiro atoms. The molecule has 1 saturated heterocycles. The van der Waals surface area contributed by atoms with Gasteiger partial charge in [-0.3, -0.25) is 4.90 Å². The molecule has 3 aliphatic rings. The summed E-state index contributed by atoms with van der Waals surface area (Å²) in [5.74, 6) is 1.44. The van der Waals surface area contributed by atoms with E-state index in [-0.39, 0.29) is 30.3 Å². The summed E-state index contributed by atoms with van der Waals surface area (Å²) in [5, 5.41) is 0. The van der Waals surface area contributed by atoms with E-state index in [4.69, 9.17) is 9.47 Å². The van der Waals surface area contributed by atoms with Crippen molar-refractivity contribution in [2.75, 3.05) is 20.7 Å². The molecular formula is C23H37N5O5S. The van der Waals surface area contributed by atoms with Gasteiger partial charge in [-0.2, -0.15) is 17.4 Å². The maximum atomic E-state index is 12.9. The minimum atomic E-state index is -3.66. The number of aromatic nitrogens is 2. The van der Waals surface area contributed by atoms with Gasteiger partial charge in [0.1, 0.15) is 5.82 Å². The third-order valence-electron chi connectivity index (χ3n) is 7.43. The van der Waals surface area contributed by atoms with Crippen LogP contribution >= 0.6 is 0 Å². The Labute approximate surface area is 202 Å². The van der Waals surface area contributed by atoms with Crippen LogP contribution in [-0.2, 0) is 25.1 Å². The molecule has 10 nitrogen and oxygen atoms in total. The number of hydrogen-bond donors (Lipinski definition) is 1. The number of carbonyl (C=O) groups excluding carboxylic acids is 1. The van der Waals surface area contributed by atoms with Crippen molar-refractivity contribution in [3.63, 3.8) is 0 Å². The second-order valence-corrected chi connectivity index (χ2v) is 12.3. The molecule has 1 aromatic rings. The highest BCUT2D eigenvalue weighted by Gasteiger charge is 2.60. The van der Waals surface area contributed by atoms with Gasteiger partial charge in [-0.1, -0.05) is 0 Å². The Balaban J connectivity index is 1.43. The third kappa shape index (κ3) is 5.07. The molecule has 4 rings (SSSR count). The van der Waals surface area contributed by atoms with E-state index in [1.807, 2.05) is 13.0 Å². The standard InChI is InChI=1S/C23H37N5O5S/c1-15(2)33-22(29)28-16(3)11-19(26-34(30,31)27(4)5)20(28)14-32-18-7-8-23(13-17(23)12-18)21-24-9-6-10-25-21/h6,9-10,15-20,26H,7-8,11-14H2,1-5H3/t16-,17?,18?,19+,20+,23?/m1/s1. The molecule has 1 aliphatic heterocycles. The van der Waals surface area contributed by atoms with Crippen molar-refractivity contribution in [1.29, 1.82) is 0 Å². The van der Waals surface area contributed by atoms with Crippen LogP contribution in [0.5, 0.6) is 0 Å². The molecule has 34 heavy (non-hydrogen) atoms. The topological polar surface area (TPSA) is 114 Å². The van der Waals surface area contributed by atoms with Crippen molar-refractivity contribution in [2.24, 2.45) is 5.92 Å². The van der Waals surface area contributed by atoms with Crippen molar-refractivity contribution in [3.8, 4) is 0 Å². The van der Waals surface area contributed by atoms with Gasteiger partial charge in [0.25, 0.3) is 10.2 Å². The van der Waals surface area contributed by atoms with Crippen LogP contribution in [0.2, 0.25) is 0 Å². The summed E-state index contributed by atoms with van der Waals surface area (Å²) < 4.78 is 40.8. The fourth-order valence-electron chi connectivity index (χ4n) is 5.53. The van der Waals surface area contributed by atoms with E-state index < -0.39 is 28.4 Å². The predicted octanol–water partition coefficient (Wildman–Crippen LogP) is 2.08. The number of hydrogen-bond acceptors (Lipinski definition) is 7. The normalized spacial score (nSPS) is 33.3. The van der Waals surface area contributed by atoms with Gasteiger partial charge in [-0.15, -0.1) is 0 Å². The summed E-state index contributed by atoms with van der Waals surface area (Å²) in [6.45, 7) is 5.77. The lowest BCUT2D eigenvalue weighted by Gasteiger charge is -2.33. The summed E-state index contributed by atoms with van der Waals surface area (Å²) >= 11 is 0. The highest BCUT2D eigenvalue weighted by Crippen LogP contribution is 2.61. The average Bonchev–Trinajstić information content (AvgIpc) is 3.43. The van der Waals surface area contributed by atoms with Crippen LogP contribution in [0.3, 0.4) is 0 Å². The highest BCUT2D eigenvalue weighted by atomic mass is 32.2. The van der Waals surface area contributed by atoms with E-state index in [0.717, 1.165) is 35.8 Å². The van der Waals surface area contributed by atoms with Crippen LogP contribution in [0.25, 0.3) is 0 Å². The lowest BCUT2D eigenvalue weighted by Crippen LogP contribution is -2.52. The van der Waals surface area contributed by atoms with Crippen LogP contribution in [0, 0.1) is 5.92 Å². The molecule has 2 aliphatic carbocycles. The van der Waals surface area contributed by atoms with Crippen molar-refractivity contribution >= 4 is 16.3 Å². The zero-order chi connectivity index (χ0) is 24.7. The van der Waals surface area contributed by atoms with Crippen LogP contribution in [0.15, 0.2) is 18.5 Å². The maximum Gasteiger partial charge on any atom is 0.410 e. The fourth-order valence-corrected chi connectivity index (χ4v) is 6.38. The van der Waals surface area contributed by atoms with Crippen LogP contribution < -0.4 is 4.72 Å². The Kier molecular flexibility index (Phi) is 7.19. The van der Waals surface area contributed by atoms with Crippen molar-refractivity contribution in [1.82, 2.24) is 23.9 Å². The SMILES string of the molecule is CC(C)OC(=O)N1[C@H](C)C[C@H](NS(=O)(=O)N(C)C)[C@@H]1COC1CCC2(c3ncccn3)CC2C1. The molecule has 1 aromatic heterocycles. The second kappa shape index (κ2) is 9.67. The summed E-state index contributed by atoms with van der Waals surface area (Å²) in [5.41, 5.74) is 0.0833. The largest absolute Gasteiger partial charge is 0.447 e. The first kappa shape index (κ1) is 25.3. The van der Waals surface area contributed by atoms with Crippen molar-refractivity contribution in [3.05, 3.63) is 24.3 Å². The number of carbonyl (C=O) groups is 1. The first-order valence-corrected chi connectivity index (χ1v) is 13.6. The minimum Gasteiger partial charge on any atom is -0.447 e. The van der Waals surface area contributed by atoms with Gasteiger partial charge in [0.2, 0.25) is 0 Å². The molecule has 3 fully saturated rings. The van der Waals surface area contributed by atoms with E-state index >= 15 is 0 Å². The zero-order valence-corrected chi connectivity index (χ0v) is 21.5. The summed E-state index contributed by atoms with van der Waals surface area (Å²) in [6, 6.07) is 0.765. The second-order valence-electron chi connectivity index (χ2n) is 10.4. The van der Waals surface area contributed by atoms with Crippen molar-refractivity contribution < 1.29 is 22.7 Å². The molecule has 0 bridgehead atoms. The Hall–Kier alpha value is -1.82. The Morgan fingerprint density at radius 2 is 2.00 bits per heavy atom. The van der Waals surface area contributed by atoms with Gasteiger partial charge < -0.3 is 9.47 Å². The van der Waals surface area contributed by atoms with Crippen LogP contribution in [0.1, 0.15) is 58.7 Å². The van der Waals surface area contributed by atoms with Crippen molar-refractivity contribution in [2.45, 2.75) is 88.6 Å². The molecular weight excluding hydrogens is 458 g/mol. The molecule has 2 saturated carbocycles. The maximum absolute atomic E-state index is 12.9. The van der Waals surface area contributed by atoms with E-state index in [0.29, 0.717) is 12.3 Å². The minimum absolute atomic E-state index is 0.0642. The summed E-state index contributed by atoms with van der Waals surface area (Å²) in [4.78, 5) is 23.5. The lowest BCUT2D eigenvalue weighted by molar-refractivity contribution is -0.0148. The number of rotatable bonds is 8. The van der Waals surface area contributed by atoms with E-state index in [1.54, 1.807) is 31.1 Å². The fraction of sp³-hybridized carbons (Fsp3) is 0.783. The van der Waals surface area contributed by atoms with Gasteiger partial charge in [0.15, 0.2) is 0 Å². The molecule has 6 atom stereocenters. The number of likely N-dealkylation sites (tertiary alicyclic amines) is 1. The third-order valence-corrected chi connectivity index (χ3v) is 8.99. The molecule has 2 heterocycles. The van der Waals surface area contributed by atoms with Gasteiger partial charge in [0.05, 0.1) is 24.9 Å². The lowest BCUT2D eigenvalue weighted by atomic mass is 9.86.